The molecule has 0 radical (unpaired) electrons. The standard InChI is InChI=1S/C44H32Cl4F6N8O6/c1-19-13-34(58-42(68)38(22(4)64)62-60-36-16-24(6-10-32(36)48)40(66)56-26-8-12-30(46)28(18-26)44(52,53)54)20(2)14-33(19)57-41(67)37(21(3)63)61-59-35-15-23(5-9-31(35)47)39(65)55-25-7-11-29(45)27(17-25)43(49,50)51/h5-18,37-38H,1-4H3,(H,55,65)(H,56,66)(H,57,67)(H,58,68). The van der Waals surface area contributed by atoms with Gasteiger partial charge >= 0.3 is 12.4 Å². The van der Waals surface area contributed by atoms with Crippen LogP contribution in [0.4, 0.5) is 60.5 Å². The Bertz CT molecular complexity index is 2740. The Kier molecular flexibility index (Phi) is 16.5. The molecular weight excluding hydrogens is 992 g/mol. The summed E-state index contributed by atoms with van der Waals surface area (Å²) in [5.41, 5.74) is -2.24. The molecule has 0 heterocycles. The fourth-order valence-electron chi connectivity index (χ4n) is 5.87. The van der Waals surface area contributed by atoms with Crippen molar-refractivity contribution in [1.82, 2.24) is 0 Å². The highest BCUT2D eigenvalue weighted by Gasteiger charge is 2.35. The number of ketones is 2. The van der Waals surface area contributed by atoms with Gasteiger partial charge in [-0.3, -0.25) is 28.8 Å². The van der Waals surface area contributed by atoms with Crippen LogP contribution in [-0.4, -0.2) is 47.3 Å². The normalized spacial score (nSPS) is 12.7. The van der Waals surface area contributed by atoms with Gasteiger partial charge in [0.15, 0.2) is 11.6 Å². The third kappa shape index (κ3) is 13.2. The summed E-state index contributed by atoms with van der Waals surface area (Å²) in [4.78, 5) is 77.8. The van der Waals surface area contributed by atoms with Crippen LogP contribution in [0.5, 0.6) is 0 Å². The molecule has 0 fully saturated rings. The molecule has 2 unspecified atom stereocenters. The van der Waals surface area contributed by atoms with Gasteiger partial charge in [-0.15, -0.1) is 0 Å². The van der Waals surface area contributed by atoms with E-state index in [1.165, 1.54) is 48.5 Å². The number of Topliss-reactive ketones (excluding diaryl/α,β-unsaturated/α-hetero) is 2. The van der Waals surface area contributed by atoms with E-state index in [1.807, 2.05) is 0 Å². The number of azo groups is 2. The summed E-state index contributed by atoms with van der Waals surface area (Å²) in [5, 5.41) is 24.0. The lowest BCUT2D eigenvalue weighted by atomic mass is 10.1. The molecule has 5 rings (SSSR count). The van der Waals surface area contributed by atoms with E-state index in [9.17, 15) is 55.1 Å². The number of halogens is 10. The van der Waals surface area contributed by atoms with Crippen LogP contribution in [0, 0.1) is 13.8 Å². The maximum Gasteiger partial charge on any atom is 0.417 e. The summed E-state index contributed by atoms with van der Waals surface area (Å²) in [7, 11) is 0. The topological polar surface area (TPSA) is 200 Å². The average Bonchev–Trinajstić information content (AvgIpc) is 3.24. The molecule has 0 spiro atoms. The van der Waals surface area contributed by atoms with E-state index in [-0.39, 0.29) is 55.3 Å². The van der Waals surface area contributed by atoms with Crippen molar-refractivity contribution in [3.8, 4) is 0 Å². The molecule has 24 heteroatoms. The smallest absolute Gasteiger partial charge is 0.324 e. The van der Waals surface area contributed by atoms with Crippen LogP contribution in [0.2, 0.25) is 20.1 Å². The van der Waals surface area contributed by atoms with Gasteiger partial charge in [-0.25, -0.2) is 0 Å². The van der Waals surface area contributed by atoms with Crippen molar-refractivity contribution in [2.45, 2.75) is 52.1 Å². The number of anilines is 4. The Morgan fingerprint density at radius 3 is 1.15 bits per heavy atom. The van der Waals surface area contributed by atoms with E-state index >= 15 is 0 Å². The lowest BCUT2D eigenvalue weighted by Crippen LogP contribution is -2.32. The molecule has 0 bridgehead atoms. The van der Waals surface area contributed by atoms with Crippen molar-refractivity contribution in [3.05, 3.63) is 138 Å². The predicted octanol–water partition coefficient (Wildman–Crippen LogP) is 12.8. The summed E-state index contributed by atoms with van der Waals surface area (Å²) in [6.07, 6.45) is -9.57. The molecule has 0 aromatic heterocycles. The van der Waals surface area contributed by atoms with E-state index in [4.69, 9.17) is 46.4 Å². The molecule has 5 aromatic carbocycles. The molecule has 0 saturated carbocycles. The molecule has 0 aliphatic rings. The summed E-state index contributed by atoms with van der Waals surface area (Å²) >= 11 is 23.8. The second kappa shape index (κ2) is 21.5. The van der Waals surface area contributed by atoms with Crippen molar-refractivity contribution in [2.75, 3.05) is 21.3 Å². The number of nitrogens with one attached hydrogen (secondary N) is 4. The molecule has 0 aliphatic heterocycles. The first-order chi connectivity index (χ1) is 31.7. The maximum absolute atomic E-state index is 13.4. The molecule has 0 aliphatic carbocycles. The van der Waals surface area contributed by atoms with Gasteiger partial charge in [0.2, 0.25) is 12.1 Å². The Morgan fingerprint density at radius 2 is 0.824 bits per heavy atom. The first-order valence-electron chi connectivity index (χ1n) is 19.2. The largest absolute Gasteiger partial charge is 0.417 e. The minimum Gasteiger partial charge on any atom is -0.324 e. The van der Waals surface area contributed by atoms with Crippen molar-refractivity contribution in [2.24, 2.45) is 20.5 Å². The molecular formula is C44H32Cl4F6N8O6. The summed E-state index contributed by atoms with van der Waals surface area (Å²) < 4.78 is 80.0. The fourth-order valence-corrected chi connectivity index (χ4v) is 6.63. The molecule has 14 nitrogen and oxygen atoms in total. The lowest BCUT2D eigenvalue weighted by molar-refractivity contribution is -0.138. The van der Waals surface area contributed by atoms with Crippen LogP contribution in [0.15, 0.2) is 105 Å². The molecule has 4 N–H and O–H groups in total. The number of aryl methyl sites for hydroxylation is 2. The highest BCUT2D eigenvalue weighted by molar-refractivity contribution is 6.34. The predicted molar refractivity (Wildman–Crippen MR) is 243 cm³/mol. The number of hydrogen-bond acceptors (Lipinski definition) is 10. The molecule has 354 valence electrons. The van der Waals surface area contributed by atoms with Crippen molar-refractivity contribution >= 4 is 116 Å². The molecule has 5 aromatic rings. The van der Waals surface area contributed by atoms with Gasteiger partial charge < -0.3 is 21.3 Å². The van der Waals surface area contributed by atoms with Gasteiger partial charge in [-0.1, -0.05) is 46.4 Å². The first kappa shape index (κ1) is 52.2. The van der Waals surface area contributed by atoms with E-state index in [1.54, 1.807) is 13.8 Å². The summed E-state index contributed by atoms with van der Waals surface area (Å²) in [5.74, 6) is -5.09. The van der Waals surface area contributed by atoms with E-state index in [0.29, 0.717) is 23.3 Å². The Hall–Kier alpha value is -6.74. The second-order valence-corrected chi connectivity index (χ2v) is 16.2. The zero-order chi connectivity index (χ0) is 50.4. The molecule has 2 atom stereocenters. The Morgan fingerprint density at radius 1 is 0.485 bits per heavy atom. The van der Waals surface area contributed by atoms with Gasteiger partial charge in [-0.2, -0.15) is 46.8 Å². The minimum atomic E-state index is -4.79. The van der Waals surface area contributed by atoms with Crippen LogP contribution in [0.1, 0.15) is 56.8 Å². The maximum atomic E-state index is 13.4. The minimum absolute atomic E-state index is 0.0549. The Balaban J connectivity index is 1.27. The van der Waals surface area contributed by atoms with Gasteiger partial charge in [0.05, 0.1) is 31.2 Å². The van der Waals surface area contributed by atoms with Gasteiger partial charge in [0.25, 0.3) is 23.6 Å². The number of carbonyl (C=O) groups excluding carboxylic acids is 6. The summed E-state index contributed by atoms with van der Waals surface area (Å²) in [6, 6.07) is 12.3. The van der Waals surface area contributed by atoms with Gasteiger partial charge in [-0.05, 0) is 124 Å². The highest BCUT2D eigenvalue weighted by atomic mass is 35.5. The van der Waals surface area contributed by atoms with Crippen LogP contribution in [0.25, 0.3) is 0 Å². The second-order valence-electron chi connectivity index (χ2n) is 14.5. The average molecular weight is 1020 g/mol. The zero-order valence-corrected chi connectivity index (χ0v) is 38.3. The Labute approximate surface area is 401 Å². The van der Waals surface area contributed by atoms with Crippen LogP contribution in [0.3, 0.4) is 0 Å². The van der Waals surface area contributed by atoms with Gasteiger partial charge in [0.1, 0.15) is 11.4 Å². The van der Waals surface area contributed by atoms with Crippen molar-refractivity contribution < 1.29 is 55.1 Å². The number of hydrogen-bond donors (Lipinski definition) is 4. The SMILES string of the molecule is CC(=O)C(N=Nc1cc(C(=O)Nc2ccc(Cl)c(C(F)(F)F)c2)ccc1Cl)C(=O)Nc1cc(C)c(NC(=O)C(N=Nc2cc(C(=O)Nc3ccc(Cl)c(C(F)(F)F)c3)ccc2Cl)C(C)=O)cc1C. The monoisotopic (exact) mass is 1020 g/mol. The zero-order valence-electron chi connectivity index (χ0n) is 35.3. The third-order valence-electron chi connectivity index (χ3n) is 9.39. The van der Waals surface area contributed by atoms with E-state index < -0.39 is 80.8 Å². The lowest BCUT2D eigenvalue weighted by Gasteiger charge is -2.16. The van der Waals surface area contributed by atoms with Crippen molar-refractivity contribution in [1.29, 1.82) is 0 Å². The number of amides is 4. The molecule has 0 saturated heterocycles. The fraction of sp³-hybridized carbons (Fsp3) is 0.182. The number of nitrogens with zero attached hydrogens (tertiary/aromatic N) is 4. The van der Waals surface area contributed by atoms with Crippen LogP contribution in [-0.2, 0) is 31.5 Å². The van der Waals surface area contributed by atoms with E-state index in [2.05, 4.69) is 41.7 Å². The quantitative estimate of drug-likeness (QED) is 0.0484. The van der Waals surface area contributed by atoms with Crippen LogP contribution >= 0.6 is 46.4 Å². The van der Waals surface area contributed by atoms with Crippen molar-refractivity contribution in [3.63, 3.8) is 0 Å². The van der Waals surface area contributed by atoms with E-state index in [0.717, 1.165) is 38.1 Å². The number of rotatable bonds is 14. The molecule has 4 amide bonds. The number of carbonyl (C=O) groups is 6. The highest BCUT2D eigenvalue weighted by Crippen LogP contribution is 2.38. The summed E-state index contributed by atoms with van der Waals surface area (Å²) in [6.45, 7) is 5.24. The molecule has 68 heavy (non-hydrogen) atoms. The first-order valence-corrected chi connectivity index (χ1v) is 20.8. The van der Waals surface area contributed by atoms with Crippen LogP contribution < -0.4 is 21.3 Å². The van der Waals surface area contributed by atoms with Gasteiger partial charge in [0, 0.05) is 33.9 Å². The third-order valence-corrected chi connectivity index (χ3v) is 10.7. The number of alkyl halides is 6. The number of benzene rings is 5.